The number of amides is 2. The summed E-state index contributed by atoms with van der Waals surface area (Å²) in [6.07, 6.45) is 4.01. The zero-order valence-electron chi connectivity index (χ0n) is 17.8. The summed E-state index contributed by atoms with van der Waals surface area (Å²) >= 11 is 0. The van der Waals surface area contributed by atoms with E-state index in [2.05, 4.69) is 34.9 Å². The molecular formula is C25H26N2O5. The highest BCUT2D eigenvalue weighted by Gasteiger charge is 2.30. The van der Waals surface area contributed by atoms with E-state index in [-0.39, 0.29) is 24.5 Å². The molecule has 2 aromatic rings. The lowest BCUT2D eigenvalue weighted by Gasteiger charge is -2.25. The summed E-state index contributed by atoms with van der Waals surface area (Å²) in [6, 6.07) is 15.0. The molecule has 7 nitrogen and oxygen atoms in total. The highest BCUT2D eigenvalue weighted by molar-refractivity contribution is 5.85. The van der Waals surface area contributed by atoms with Crippen molar-refractivity contribution in [3.05, 3.63) is 71.8 Å². The van der Waals surface area contributed by atoms with Crippen molar-refractivity contribution < 1.29 is 24.2 Å². The van der Waals surface area contributed by atoms with Crippen LogP contribution in [0.15, 0.2) is 60.7 Å². The zero-order valence-corrected chi connectivity index (χ0v) is 17.8. The Morgan fingerprint density at radius 3 is 2.31 bits per heavy atom. The average Bonchev–Trinajstić information content (AvgIpc) is 3.11. The van der Waals surface area contributed by atoms with Crippen LogP contribution in [0.1, 0.15) is 36.8 Å². The second kappa shape index (κ2) is 9.26. The van der Waals surface area contributed by atoms with E-state index in [4.69, 9.17) is 9.84 Å². The lowest BCUT2D eigenvalue weighted by Crippen LogP contribution is -2.45. The molecule has 4 rings (SSSR count). The third-order valence-electron chi connectivity index (χ3n) is 6.07. The number of carboxylic acids is 1. The van der Waals surface area contributed by atoms with Crippen molar-refractivity contribution >= 4 is 18.0 Å². The third-order valence-corrected chi connectivity index (χ3v) is 6.07. The van der Waals surface area contributed by atoms with Crippen molar-refractivity contribution in [2.24, 2.45) is 5.92 Å². The summed E-state index contributed by atoms with van der Waals surface area (Å²) in [5.41, 5.74) is 4.61. The molecule has 0 saturated carbocycles. The normalized spacial score (nSPS) is 20.0. The molecule has 2 aliphatic carbocycles. The lowest BCUT2D eigenvalue weighted by molar-refractivity contribution is -0.142. The van der Waals surface area contributed by atoms with Crippen LogP contribution in [-0.2, 0) is 14.3 Å². The molecular weight excluding hydrogens is 408 g/mol. The first-order valence-corrected chi connectivity index (χ1v) is 10.8. The van der Waals surface area contributed by atoms with Crippen LogP contribution in [0.25, 0.3) is 11.1 Å². The number of nitrogens with one attached hydrogen (secondary N) is 2. The number of alkyl carbamates (subject to hydrolysis) is 1. The van der Waals surface area contributed by atoms with Gasteiger partial charge in [0.15, 0.2) is 0 Å². The zero-order chi connectivity index (χ0) is 22.7. The number of aliphatic carboxylic acids is 1. The molecule has 0 aromatic heterocycles. The fourth-order valence-corrected chi connectivity index (χ4v) is 4.39. The van der Waals surface area contributed by atoms with Crippen molar-refractivity contribution in [1.29, 1.82) is 0 Å². The summed E-state index contributed by atoms with van der Waals surface area (Å²) in [4.78, 5) is 35.8. The maximum atomic E-state index is 12.5. The number of fused-ring (bicyclic) bond motifs is 3. The van der Waals surface area contributed by atoms with Gasteiger partial charge in [-0.15, -0.1) is 0 Å². The standard InChI is InChI=1S/C25H26N2O5/c1-15(24(29)30)26-23(28)16-7-6-8-17(13-16)27-25(31)32-14-22-20-11-4-2-9-18(20)19-10-3-5-12-21(19)22/h2-6,8-12,15-17,22H,7,13-14H2,1H3,(H,26,28)(H,27,31)(H,29,30)/t15-,16?,17?/m1/s1. The van der Waals surface area contributed by atoms with Gasteiger partial charge in [0.25, 0.3) is 0 Å². The molecule has 7 heteroatoms. The quantitative estimate of drug-likeness (QED) is 0.604. The Hall–Kier alpha value is -3.61. The molecule has 0 fully saturated rings. The van der Waals surface area contributed by atoms with Gasteiger partial charge < -0.3 is 20.5 Å². The van der Waals surface area contributed by atoms with Gasteiger partial charge in [-0.05, 0) is 42.0 Å². The predicted octanol–water partition coefficient (Wildman–Crippen LogP) is 3.45. The summed E-state index contributed by atoms with van der Waals surface area (Å²) < 4.78 is 5.57. The lowest BCUT2D eigenvalue weighted by atomic mass is 9.90. The molecule has 2 aliphatic rings. The smallest absolute Gasteiger partial charge is 0.407 e. The first kappa shape index (κ1) is 21.6. The number of allylic oxidation sites excluding steroid dienone is 1. The van der Waals surface area contributed by atoms with E-state index in [1.807, 2.05) is 36.4 Å². The Labute approximate surface area is 186 Å². The Bertz CT molecular complexity index is 1020. The summed E-state index contributed by atoms with van der Waals surface area (Å²) in [6.45, 7) is 1.64. The van der Waals surface area contributed by atoms with Crippen molar-refractivity contribution in [1.82, 2.24) is 10.6 Å². The fraction of sp³-hybridized carbons (Fsp3) is 0.320. The van der Waals surface area contributed by atoms with Gasteiger partial charge in [-0.3, -0.25) is 9.59 Å². The minimum Gasteiger partial charge on any atom is -0.480 e. The van der Waals surface area contributed by atoms with Crippen molar-refractivity contribution in [2.75, 3.05) is 6.61 Å². The number of hydrogen-bond donors (Lipinski definition) is 3. The van der Waals surface area contributed by atoms with E-state index < -0.39 is 24.0 Å². The molecule has 0 heterocycles. The number of ether oxygens (including phenoxy) is 1. The van der Waals surface area contributed by atoms with Gasteiger partial charge in [0.2, 0.25) is 5.91 Å². The topological polar surface area (TPSA) is 105 Å². The van der Waals surface area contributed by atoms with Gasteiger partial charge in [0.1, 0.15) is 12.6 Å². The van der Waals surface area contributed by atoms with E-state index in [9.17, 15) is 14.4 Å². The van der Waals surface area contributed by atoms with E-state index in [0.717, 1.165) is 22.3 Å². The second-order valence-electron chi connectivity index (χ2n) is 8.24. The van der Waals surface area contributed by atoms with Crippen LogP contribution in [0, 0.1) is 5.92 Å². The molecule has 0 aliphatic heterocycles. The van der Waals surface area contributed by atoms with Crippen LogP contribution in [0.4, 0.5) is 4.79 Å². The summed E-state index contributed by atoms with van der Waals surface area (Å²) in [5, 5.41) is 14.3. The van der Waals surface area contributed by atoms with E-state index in [1.54, 1.807) is 0 Å². The number of carbonyl (C=O) groups is 3. The predicted molar refractivity (Wildman–Crippen MR) is 119 cm³/mol. The molecule has 2 amide bonds. The molecule has 166 valence electrons. The number of benzene rings is 2. The number of carboxylic acid groups (broad SMARTS) is 1. The SMILES string of the molecule is C[C@@H](NC(=O)C1CC=CC(NC(=O)OCC2c3ccccc3-c3ccccc32)C1)C(=O)O. The van der Waals surface area contributed by atoms with Crippen LogP contribution in [0.2, 0.25) is 0 Å². The molecule has 2 aromatic carbocycles. The average molecular weight is 434 g/mol. The van der Waals surface area contributed by atoms with Gasteiger partial charge in [-0.25, -0.2) is 4.79 Å². The Balaban J connectivity index is 1.34. The Morgan fingerprint density at radius 2 is 1.69 bits per heavy atom. The van der Waals surface area contributed by atoms with E-state index in [1.165, 1.54) is 6.92 Å². The van der Waals surface area contributed by atoms with Crippen LogP contribution in [0.5, 0.6) is 0 Å². The number of carbonyl (C=O) groups excluding carboxylic acids is 2. The molecule has 3 N–H and O–H groups in total. The summed E-state index contributed by atoms with van der Waals surface area (Å²) in [5.74, 6) is -1.84. The van der Waals surface area contributed by atoms with Crippen molar-refractivity contribution in [3.8, 4) is 11.1 Å². The van der Waals surface area contributed by atoms with Gasteiger partial charge in [-0.1, -0.05) is 60.7 Å². The minimum absolute atomic E-state index is 0.0221. The fourth-order valence-electron chi connectivity index (χ4n) is 4.39. The van der Waals surface area contributed by atoms with Crippen molar-refractivity contribution in [2.45, 2.75) is 37.8 Å². The van der Waals surface area contributed by atoms with Crippen molar-refractivity contribution in [3.63, 3.8) is 0 Å². The summed E-state index contributed by atoms with van der Waals surface area (Å²) in [7, 11) is 0. The molecule has 0 saturated heterocycles. The monoisotopic (exact) mass is 434 g/mol. The Morgan fingerprint density at radius 1 is 1.06 bits per heavy atom. The molecule has 3 atom stereocenters. The van der Waals surface area contributed by atoms with E-state index in [0.29, 0.717) is 12.8 Å². The largest absolute Gasteiger partial charge is 0.480 e. The van der Waals surface area contributed by atoms with Crippen LogP contribution < -0.4 is 10.6 Å². The number of rotatable bonds is 6. The highest BCUT2D eigenvalue weighted by Crippen LogP contribution is 2.44. The minimum atomic E-state index is -1.09. The van der Waals surface area contributed by atoms with Crippen LogP contribution in [0.3, 0.4) is 0 Å². The molecule has 0 spiro atoms. The molecule has 32 heavy (non-hydrogen) atoms. The van der Waals surface area contributed by atoms with Gasteiger partial charge >= 0.3 is 12.1 Å². The first-order valence-electron chi connectivity index (χ1n) is 10.8. The third kappa shape index (κ3) is 4.51. The Kier molecular flexibility index (Phi) is 6.25. The maximum Gasteiger partial charge on any atom is 0.407 e. The maximum absolute atomic E-state index is 12.5. The van der Waals surface area contributed by atoms with Gasteiger partial charge in [0, 0.05) is 11.8 Å². The molecule has 2 unspecified atom stereocenters. The van der Waals surface area contributed by atoms with E-state index >= 15 is 0 Å². The van der Waals surface area contributed by atoms with Crippen LogP contribution >= 0.6 is 0 Å². The van der Waals surface area contributed by atoms with Gasteiger partial charge in [0.05, 0.1) is 6.04 Å². The first-order chi connectivity index (χ1) is 15.4. The van der Waals surface area contributed by atoms with Crippen LogP contribution in [-0.4, -0.2) is 41.8 Å². The number of hydrogen-bond acceptors (Lipinski definition) is 4. The highest BCUT2D eigenvalue weighted by atomic mass is 16.5. The second-order valence-corrected chi connectivity index (χ2v) is 8.24. The molecule has 0 bridgehead atoms. The molecule has 0 radical (unpaired) electrons. The van der Waals surface area contributed by atoms with Gasteiger partial charge in [-0.2, -0.15) is 0 Å².